The third-order valence-electron chi connectivity index (χ3n) is 6.17. The van der Waals surface area contributed by atoms with Crippen LogP contribution in [0.15, 0.2) is 64.0 Å². The molecule has 33 heavy (non-hydrogen) atoms. The Labute approximate surface area is 197 Å². The van der Waals surface area contributed by atoms with E-state index in [1.165, 1.54) is 16.7 Å². The second kappa shape index (κ2) is 7.93. The van der Waals surface area contributed by atoms with Crippen molar-refractivity contribution in [2.45, 2.75) is 26.2 Å². The molecule has 164 valence electrons. The summed E-state index contributed by atoms with van der Waals surface area (Å²) in [5.74, 6) is 0.152. The van der Waals surface area contributed by atoms with Gasteiger partial charge in [0.15, 0.2) is 0 Å². The molecular formula is C26H20N2O3S2. The summed E-state index contributed by atoms with van der Waals surface area (Å²) in [5.41, 5.74) is 3.37. The number of nitrogens with zero attached hydrogens (tertiary/aromatic N) is 1. The van der Waals surface area contributed by atoms with Crippen LogP contribution in [0.25, 0.3) is 31.8 Å². The smallest absolute Gasteiger partial charge is 0.263 e. The lowest BCUT2D eigenvalue weighted by atomic mass is 9.88. The zero-order chi connectivity index (χ0) is 22.5. The van der Waals surface area contributed by atoms with Gasteiger partial charge in [0.25, 0.3) is 5.91 Å². The third kappa shape index (κ3) is 3.48. The lowest BCUT2D eigenvalue weighted by molar-refractivity contribution is 0.102. The Morgan fingerprint density at radius 2 is 1.94 bits per heavy atom. The Balaban J connectivity index is 1.45. The minimum absolute atomic E-state index is 0.00342. The van der Waals surface area contributed by atoms with Gasteiger partial charge in [-0.15, -0.1) is 22.7 Å². The highest BCUT2D eigenvalue weighted by Crippen LogP contribution is 2.47. The van der Waals surface area contributed by atoms with Crippen LogP contribution in [-0.2, 0) is 12.8 Å². The van der Waals surface area contributed by atoms with E-state index in [4.69, 9.17) is 9.40 Å². The molecular weight excluding hydrogens is 452 g/mol. The maximum absolute atomic E-state index is 13.2. The number of para-hydroxylation sites is 2. The topological polar surface area (TPSA) is 72.2 Å². The zero-order valence-corrected chi connectivity index (χ0v) is 19.5. The minimum atomic E-state index is -0.455. The summed E-state index contributed by atoms with van der Waals surface area (Å²) in [5, 5.41) is 5.09. The predicted molar refractivity (Wildman–Crippen MR) is 135 cm³/mol. The van der Waals surface area contributed by atoms with E-state index in [0.29, 0.717) is 16.9 Å². The predicted octanol–water partition coefficient (Wildman–Crippen LogP) is 6.51. The fourth-order valence-electron chi connectivity index (χ4n) is 4.45. The van der Waals surface area contributed by atoms with Crippen LogP contribution in [0.3, 0.4) is 0 Å². The van der Waals surface area contributed by atoms with Crippen molar-refractivity contribution in [3.05, 3.63) is 81.0 Å². The van der Waals surface area contributed by atoms with Crippen LogP contribution in [0.5, 0.6) is 0 Å². The SMILES string of the molecule is CC1CCc2c(sc(NC(=O)c3coc4ccccc4c3=O)c2-c2nc3ccccc3s2)C1. The summed E-state index contributed by atoms with van der Waals surface area (Å²) in [7, 11) is 0. The molecule has 1 unspecified atom stereocenters. The number of nitrogens with one attached hydrogen (secondary N) is 1. The van der Waals surface area contributed by atoms with E-state index in [-0.39, 0.29) is 11.0 Å². The number of carbonyl (C=O) groups excluding carboxylic acids is 1. The zero-order valence-electron chi connectivity index (χ0n) is 17.9. The fourth-order valence-corrected chi connectivity index (χ4v) is 6.97. The van der Waals surface area contributed by atoms with Gasteiger partial charge in [0.1, 0.15) is 27.4 Å². The Kier molecular flexibility index (Phi) is 4.89. The lowest BCUT2D eigenvalue weighted by Crippen LogP contribution is -2.21. The average Bonchev–Trinajstić information content (AvgIpc) is 3.39. The second-order valence-electron chi connectivity index (χ2n) is 8.47. The first-order valence-electron chi connectivity index (χ1n) is 10.9. The number of benzene rings is 2. The van der Waals surface area contributed by atoms with Gasteiger partial charge in [0, 0.05) is 10.4 Å². The largest absolute Gasteiger partial charge is 0.463 e. The van der Waals surface area contributed by atoms with Crippen LogP contribution < -0.4 is 10.7 Å². The Morgan fingerprint density at radius 3 is 2.82 bits per heavy atom. The van der Waals surface area contributed by atoms with Crippen molar-refractivity contribution in [3.8, 4) is 10.6 Å². The number of anilines is 1. The molecule has 1 amide bonds. The molecule has 5 aromatic rings. The van der Waals surface area contributed by atoms with E-state index in [2.05, 4.69) is 18.3 Å². The van der Waals surface area contributed by atoms with E-state index >= 15 is 0 Å². The number of amides is 1. The van der Waals surface area contributed by atoms with Crippen LogP contribution in [0.2, 0.25) is 0 Å². The molecule has 1 atom stereocenters. The number of fused-ring (bicyclic) bond motifs is 3. The van der Waals surface area contributed by atoms with Gasteiger partial charge in [-0.05, 0) is 55.0 Å². The van der Waals surface area contributed by atoms with Gasteiger partial charge in [-0.3, -0.25) is 9.59 Å². The van der Waals surface area contributed by atoms with Gasteiger partial charge in [0.05, 0.1) is 15.6 Å². The van der Waals surface area contributed by atoms with Crippen molar-refractivity contribution in [1.82, 2.24) is 4.98 Å². The van der Waals surface area contributed by atoms with E-state index in [1.54, 1.807) is 46.9 Å². The molecule has 3 heterocycles. The van der Waals surface area contributed by atoms with Crippen molar-refractivity contribution in [2.75, 3.05) is 5.32 Å². The first kappa shape index (κ1) is 20.3. The van der Waals surface area contributed by atoms with E-state index in [0.717, 1.165) is 45.1 Å². The van der Waals surface area contributed by atoms with Gasteiger partial charge in [-0.2, -0.15) is 0 Å². The van der Waals surface area contributed by atoms with Crippen molar-refractivity contribution < 1.29 is 9.21 Å². The molecule has 0 radical (unpaired) electrons. The van der Waals surface area contributed by atoms with Crippen LogP contribution in [0.4, 0.5) is 5.00 Å². The van der Waals surface area contributed by atoms with Crippen molar-refractivity contribution in [1.29, 1.82) is 0 Å². The summed E-state index contributed by atoms with van der Waals surface area (Å²) in [6, 6.07) is 15.0. The number of thiophene rings is 1. The molecule has 0 aliphatic heterocycles. The molecule has 7 heteroatoms. The van der Waals surface area contributed by atoms with Crippen LogP contribution in [0.1, 0.15) is 34.1 Å². The maximum Gasteiger partial charge on any atom is 0.263 e. The van der Waals surface area contributed by atoms with Crippen LogP contribution in [-0.4, -0.2) is 10.9 Å². The monoisotopic (exact) mass is 472 g/mol. The molecule has 0 saturated carbocycles. The summed E-state index contributed by atoms with van der Waals surface area (Å²) < 4.78 is 6.68. The van der Waals surface area contributed by atoms with E-state index in [1.807, 2.05) is 18.2 Å². The average molecular weight is 473 g/mol. The molecule has 1 aliphatic rings. The molecule has 0 saturated heterocycles. The molecule has 2 aromatic carbocycles. The van der Waals surface area contributed by atoms with Crippen LogP contribution in [0, 0.1) is 5.92 Å². The number of thiazole rings is 1. The van der Waals surface area contributed by atoms with Gasteiger partial charge in [0.2, 0.25) is 5.43 Å². The number of carbonyl (C=O) groups is 1. The Bertz CT molecular complexity index is 1560. The highest BCUT2D eigenvalue weighted by Gasteiger charge is 2.28. The normalized spacial score (nSPS) is 15.6. The molecule has 0 bridgehead atoms. The summed E-state index contributed by atoms with van der Waals surface area (Å²) in [4.78, 5) is 32.3. The van der Waals surface area contributed by atoms with Crippen LogP contribution >= 0.6 is 22.7 Å². The van der Waals surface area contributed by atoms with Gasteiger partial charge >= 0.3 is 0 Å². The van der Waals surface area contributed by atoms with Gasteiger partial charge in [-0.25, -0.2) is 4.98 Å². The van der Waals surface area contributed by atoms with Crippen molar-refractivity contribution >= 4 is 54.8 Å². The molecule has 6 rings (SSSR count). The van der Waals surface area contributed by atoms with Gasteiger partial charge < -0.3 is 9.73 Å². The Hall–Kier alpha value is -3.29. The minimum Gasteiger partial charge on any atom is -0.463 e. The quantitative estimate of drug-likeness (QED) is 0.325. The second-order valence-corrected chi connectivity index (χ2v) is 10.6. The third-order valence-corrected chi connectivity index (χ3v) is 8.39. The molecule has 5 nitrogen and oxygen atoms in total. The standard InChI is InChI=1S/C26H20N2O3S2/c1-14-10-11-16-21(12-14)33-26(22(16)25-27-18-7-3-5-9-20(18)32-25)28-24(30)17-13-31-19-8-4-2-6-15(19)23(17)29/h2-9,13-14H,10-12H2,1H3,(H,28,30). The number of hydrogen-bond acceptors (Lipinski definition) is 6. The van der Waals surface area contributed by atoms with Crippen molar-refractivity contribution in [2.24, 2.45) is 5.92 Å². The fraction of sp³-hybridized carbons (Fsp3) is 0.192. The highest BCUT2D eigenvalue weighted by molar-refractivity contribution is 7.23. The first-order valence-corrected chi connectivity index (χ1v) is 12.5. The summed E-state index contributed by atoms with van der Waals surface area (Å²) in [6.45, 7) is 2.26. The first-order chi connectivity index (χ1) is 16.1. The van der Waals surface area contributed by atoms with E-state index in [9.17, 15) is 9.59 Å². The number of rotatable bonds is 3. The Morgan fingerprint density at radius 1 is 1.12 bits per heavy atom. The van der Waals surface area contributed by atoms with Gasteiger partial charge in [-0.1, -0.05) is 31.2 Å². The highest BCUT2D eigenvalue weighted by atomic mass is 32.1. The van der Waals surface area contributed by atoms with E-state index < -0.39 is 5.91 Å². The maximum atomic E-state index is 13.2. The molecule has 0 fully saturated rings. The molecule has 1 N–H and O–H groups in total. The molecule has 3 aromatic heterocycles. The number of aromatic nitrogens is 1. The summed E-state index contributed by atoms with van der Waals surface area (Å²) in [6.07, 6.45) is 4.33. The summed E-state index contributed by atoms with van der Waals surface area (Å²) >= 11 is 3.24. The number of hydrogen-bond donors (Lipinski definition) is 1. The molecule has 1 aliphatic carbocycles. The van der Waals surface area contributed by atoms with Crippen molar-refractivity contribution in [3.63, 3.8) is 0 Å². The lowest BCUT2D eigenvalue weighted by Gasteiger charge is -2.18. The molecule has 0 spiro atoms.